The second-order valence-electron chi connectivity index (χ2n) is 2.26. The highest BCUT2D eigenvalue weighted by molar-refractivity contribution is 6.46. The molecule has 8 heavy (non-hydrogen) atoms. The van der Waals surface area contributed by atoms with E-state index < -0.39 is 0 Å². The summed E-state index contributed by atoms with van der Waals surface area (Å²) in [6.45, 7) is 0. The summed E-state index contributed by atoms with van der Waals surface area (Å²) in [6.07, 6.45) is 0. The van der Waals surface area contributed by atoms with Gasteiger partial charge in [0, 0.05) is 0 Å². The Bertz CT molecular complexity index is 58.5. The molecule has 0 saturated heterocycles. The zero-order valence-corrected chi connectivity index (χ0v) is 5.89. The molecule has 0 radical (unpaired) electrons. The third kappa shape index (κ3) is 4.18. The normalized spacial score (nSPS) is 10.2. The van der Waals surface area contributed by atoms with Gasteiger partial charge in [-0.3, -0.25) is 0 Å². The Kier molecular flexibility index (Phi) is 3.95. The first-order valence-corrected chi connectivity index (χ1v) is 2.70. The van der Waals surface area contributed by atoms with Gasteiger partial charge in [-0.1, -0.05) is 0 Å². The van der Waals surface area contributed by atoms with Gasteiger partial charge in [-0.05, 0) is 21.1 Å². The van der Waals surface area contributed by atoms with E-state index in [1.165, 1.54) is 0 Å². The molecule has 5 heteroatoms. The van der Waals surface area contributed by atoms with Crippen LogP contribution in [0.4, 0.5) is 0 Å². The Morgan fingerprint density at radius 3 is 1.88 bits per heavy atom. The molecule has 0 bridgehead atoms. The van der Waals surface area contributed by atoms with E-state index in [1.807, 2.05) is 25.9 Å². The molecule has 0 rings (SSSR count). The van der Waals surface area contributed by atoms with Crippen LogP contribution < -0.4 is 5.64 Å². The molecule has 3 nitrogen and oxygen atoms in total. The maximum Gasteiger partial charge on any atom is 0.280 e. The van der Waals surface area contributed by atoms with Gasteiger partial charge in [0.05, 0.1) is 0 Å². The van der Waals surface area contributed by atoms with Crippen molar-refractivity contribution >= 4 is 15.1 Å². The first kappa shape index (κ1) is 8.01. The van der Waals surface area contributed by atoms with Crippen molar-refractivity contribution in [3.05, 3.63) is 0 Å². The molecule has 0 saturated carbocycles. The Morgan fingerprint density at radius 2 is 1.75 bits per heavy atom. The molecule has 0 aromatic heterocycles. The predicted octanol–water partition coefficient (Wildman–Crippen LogP) is -2.03. The molecule has 0 unspecified atom stereocenters. The Hall–Kier alpha value is 0.00987. The molecular formula is C3H13B2N3. The van der Waals surface area contributed by atoms with Gasteiger partial charge in [-0.25, -0.2) is 0 Å². The average molecular weight is 113 g/mol. The van der Waals surface area contributed by atoms with Crippen LogP contribution in [-0.4, -0.2) is 45.8 Å². The van der Waals surface area contributed by atoms with E-state index in [0.29, 0.717) is 7.55 Å². The van der Waals surface area contributed by atoms with Crippen molar-refractivity contribution < 1.29 is 0 Å². The Balaban J connectivity index is 3.10. The monoisotopic (exact) mass is 113 g/mol. The van der Waals surface area contributed by atoms with E-state index in [1.54, 1.807) is 0 Å². The molecule has 0 fully saturated rings. The summed E-state index contributed by atoms with van der Waals surface area (Å²) in [5.41, 5.74) is 5.32. The van der Waals surface area contributed by atoms with Crippen LogP contribution in [0, 0.1) is 0 Å². The standard InChI is InChI=1S/C3H13B2N3/c1-7(2)5-8(3)4-6/h4-5H,6H2,1-3H3. The quantitative estimate of drug-likeness (QED) is 0.428. The lowest BCUT2D eigenvalue weighted by molar-refractivity contribution is 0.607. The molecule has 0 aromatic carbocycles. The maximum absolute atomic E-state index is 5.32. The highest BCUT2D eigenvalue weighted by Gasteiger charge is 1.98. The molecule has 0 atom stereocenters. The first-order chi connectivity index (χ1) is 3.66. The highest BCUT2D eigenvalue weighted by Crippen LogP contribution is 1.72. The molecule has 0 amide bonds. The van der Waals surface area contributed by atoms with Gasteiger partial charge >= 0.3 is 0 Å². The number of hydrogen-bond acceptors (Lipinski definition) is 3. The summed E-state index contributed by atoms with van der Waals surface area (Å²) in [7, 11) is 7.58. The van der Waals surface area contributed by atoms with E-state index in [9.17, 15) is 0 Å². The smallest absolute Gasteiger partial charge is 0.280 e. The lowest BCUT2D eigenvalue weighted by Gasteiger charge is -2.15. The van der Waals surface area contributed by atoms with Crippen LogP contribution >= 0.6 is 0 Å². The van der Waals surface area contributed by atoms with Crippen LogP contribution in [-0.2, 0) is 0 Å². The largest absolute Gasteiger partial charge is 0.365 e. The lowest BCUT2D eigenvalue weighted by Crippen LogP contribution is -2.40. The first-order valence-electron chi connectivity index (χ1n) is 2.70. The SMILES string of the molecule is CN(C)BN(C)BN. The van der Waals surface area contributed by atoms with E-state index in [2.05, 4.69) is 4.81 Å². The zero-order chi connectivity index (χ0) is 6.57. The molecule has 0 aromatic rings. The van der Waals surface area contributed by atoms with Crippen molar-refractivity contribution in [2.45, 2.75) is 0 Å². The van der Waals surface area contributed by atoms with E-state index >= 15 is 0 Å². The predicted molar refractivity (Wildman–Crippen MR) is 39.9 cm³/mol. The second-order valence-corrected chi connectivity index (χ2v) is 2.26. The molecule has 46 valence electrons. The fourth-order valence-corrected chi connectivity index (χ4v) is 0.541. The van der Waals surface area contributed by atoms with Gasteiger partial charge in [-0.2, -0.15) is 0 Å². The van der Waals surface area contributed by atoms with E-state index in [0.717, 1.165) is 7.55 Å². The van der Waals surface area contributed by atoms with Crippen LogP contribution in [0.5, 0.6) is 0 Å². The molecule has 0 heterocycles. The fraction of sp³-hybridized carbons (Fsp3) is 1.00. The molecule has 0 aliphatic carbocycles. The van der Waals surface area contributed by atoms with Gasteiger partial charge < -0.3 is 15.2 Å². The average Bonchev–Trinajstić information content (AvgIpc) is 1.65. The Labute approximate surface area is 52.4 Å². The molecule has 0 aliphatic heterocycles. The van der Waals surface area contributed by atoms with Crippen LogP contribution in [0.1, 0.15) is 0 Å². The van der Waals surface area contributed by atoms with Gasteiger partial charge in [0.25, 0.3) is 15.1 Å². The highest BCUT2D eigenvalue weighted by atomic mass is 15.1. The van der Waals surface area contributed by atoms with E-state index in [-0.39, 0.29) is 0 Å². The third-order valence-corrected chi connectivity index (χ3v) is 0.836. The van der Waals surface area contributed by atoms with Crippen LogP contribution in [0.3, 0.4) is 0 Å². The number of hydrogen-bond donors (Lipinski definition) is 1. The summed E-state index contributed by atoms with van der Waals surface area (Å²) < 4.78 is 2.03. The van der Waals surface area contributed by atoms with Gasteiger partial charge in [-0.15, -0.1) is 0 Å². The summed E-state index contributed by atoms with van der Waals surface area (Å²) in [4.78, 5) is 2.08. The minimum absolute atomic E-state index is 0.623. The molecule has 2 N–H and O–H groups in total. The summed E-state index contributed by atoms with van der Waals surface area (Å²) >= 11 is 0. The minimum Gasteiger partial charge on any atom is -0.365 e. The number of rotatable bonds is 3. The number of nitrogens with zero attached hydrogens (tertiary/aromatic N) is 2. The minimum atomic E-state index is 0.623. The zero-order valence-electron chi connectivity index (χ0n) is 5.89. The van der Waals surface area contributed by atoms with Crippen molar-refractivity contribution in [3.63, 3.8) is 0 Å². The van der Waals surface area contributed by atoms with Crippen LogP contribution in [0.25, 0.3) is 0 Å². The van der Waals surface area contributed by atoms with E-state index in [4.69, 9.17) is 5.64 Å². The van der Waals surface area contributed by atoms with Crippen molar-refractivity contribution in [2.24, 2.45) is 5.64 Å². The van der Waals surface area contributed by atoms with Gasteiger partial charge in [0.1, 0.15) is 0 Å². The van der Waals surface area contributed by atoms with Crippen molar-refractivity contribution in [1.82, 2.24) is 9.53 Å². The fourth-order valence-electron chi connectivity index (χ4n) is 0.541. The van der Waals surface area contributed by atoms with Crippen molar-refractivity contribution in [3.8, 4) is 0 Å². The third-order valence-electron chi connectivity index (χ3n) is 0.836. The maximum atomic E-state index is 5.32. The van der Waals surface area contributed by atoms with Gasteiger partial charge in [0.15, 0.2) is 0 Å². The lowest BCUT2D eigenvalue weighted by atomic mass is 9.96. The number of nitrogens with two attached hydrogens (primary N) is 1. The topological polar surface area (TPSA) is 32.5 Å². The van der Waals surface area contributed by atoms with Crippen molar-refractivity contribution in [2.75, 3.05) is 21.1 Å². The summed E-state index contributed by atoms with van der Waals surface area (Å²) in [6, 6.07) is 0. The summed E-state index contributed by atoms with van der Waals surface area (Å²) in [5.74, 6) is 0. The van der Waals surface area contributed by atoms with Crippen molar-refractivity contribution in [1.29, 1.82) is 0 Å². The molecule has 0 aliphatic rings. The van der Waals surface area contributed by atoms with Crippen LogP contribution in [0.15, 0.2) is 0 Å². The van der Waals surface area contributed by atoms with Crippen LogP contribution in [0.2, 0.25) is 0 Å². The van der Waals surface area contributed by atoms with Gasteiger partial charge in [0.2, 0.25) is 0 Å². The molecule has 0 spiro atoms. The second kappa shape index (κ2) is 3.95. The molecular weight excluding hydrogens is 99.7 g/mol. The summed E-state index contributed by atoms with van der Waals surface area (Å²) in [5, 5.41) is 0. The Morgan fingerprint density at radius 1 is 1.25 bits per heavy atom.